The number of hydrogen-bond donors (Lipinski definition) is 2. The first-order chi connectivity index (χ1) is 6.98. The van der Waals surface area contributed by atoms with E-state index in [-0.39, 0.29) is 10.8 Å². The topological polar surface area (TPSA) is 89.3 Å². The molecule has 1 aliphatic rings. The second-order valence-corrected chi connectivity index (χ2v) is 4.93. The van der Waals surface area contributed by atoms with Crippen LogP contribution in [0.5, 0.6) is 0 Å². The molecule has 5 nitrogen and oxygen atoms in total. The van der Waals surface area contributed by atoms with Crippen LogP contribution in [0.3, 0.4) is 0 Å². The average molecular weight is 226 g/mol. The first-order valence-electron chi connectivity index (χ1n) is 4.42. The molecule has 0 spiro atoms. The van der Waals surface area contributed by atoms with Crippen LogP contribution in [0.25, 0.3) is 0 Å². The summed E-state index contributed by atoms with van der Waals surface area (Å²) in [7, 11) is -3.74. The van der Waals surface area contributed by atoms with Crippen LogP contribution >= 0.6 is 0 Å². The molecule has 1 amide bonds. The highest BCUT2D eigenvalue weighted by Crippen LogP contribution is 2.17. The van der Waals surface area contributed by atoms with Gasteiger partial charge in [-0.15, -0.1) is 0 Å². The van der Waals surface area contributed by atoms with E-state index < -0.39 is 10.0 Å². The van der Waals surface area contributed by atoms with Gasteiger partial charge in [0.25, 0.3) is 5.91 Å². The Bertz CT molecular complexity index is 522. The van der Waals surface area contributed by atoms with Crippen LogP contribution in [-0.4, -0.2) is 20.9 Å². The lowest BCUT2D eigenvalue weighted by Crippen LogP contribution is -2.32. The van der Waals surface area contributed by atoms with Crippen molar-refractivity contribution in [3.63, 3.8) is 0 Å². The Kier molecular flexibility index (Phi) is 2.24. The lowest BCUT2D eigenvalue weighted by atomic mass is 10.0. The molecule has 6 heteroatoms. The number of amides is 1. The van der Waals surface area contributed by atoms with Gasteiger partial charge < -0.3 is 5.32 Å². The fraction of sp³-hybridized carbons (Fsp3) is 0.222. The third-order valence-corrected chi connectivity index (χ3v) is 3.25. The molecule has 0 aromatic heterocycles. The summed E-state index contributed by atoms with van der Waals surface area (Å²) in [4.78, 5) is 11.4. The summed E-state index contributed by atoms with van der Waals surface area (Å²) in [6.45, 7) is 0.584. The van der Waals surface area contributed by atoms with Crippen molar-refractivity contribution >= 4 is 15.9 Å². The zero-order chi connectivity index (χ0) is 11.1. The number of fused-ring (bicyclic) bond motifs is 1. The van der Waals surface area contributed by atoms with Gasteiger partial charge >= 0.3 is 0 Å². The summed E-state index contributed by atoms with van der Waals surface area (Å²) in [5, 5.41) is 7.62. The summed E-state index contributed by atoms with van der Waals surface area (Å²) >= 11 is 0. The summed E-state index contributed by atoms with van der Waals surface area (Å²) in [5.74, 6) is -0.248. The largest absolute Gasteiger partial charge is 0.352 e. The van der Waals surface area contributed by atoms with Gasteiger partial charge in [-0.1, -0.05) is 6.07 Å². The Labute approximate surface area is 87.3 Å². The molecule has 3 N–H and O–H groups in total. The van der Waals surface area contributed by atoms with Gasteiger partial charge in [0.15, 0.2) is 0 Å². The molecule has 1 heterocycles. The smallest absolute Gasteiger partial charge is 0.251 e. The van der Waals surface area contributed by atoms with Crippen molar-refractivity contribution in [2.75, 3.05) is 6.54 Å². The molecule has 1 aliphatic heterocycles. The molecule has 0 saturated heterocycles. The van der Waals surface area contributed by atoms with Gasteiger partial charge in [0, 0.05) is 12.1 Å². The van der Waals surface area contributed by atoms with Gasteiger partial charge in [-0.2, -0.15) is 0 Å². The highest BCUT2D eigenvalue weighted by molar-refractivity contribution is 7.89. The Balaban J connectivity index is 2.58. The SMILES string of the molecule is NS(=O)(=O)c1ccc2c(c1)C(=O)NCC2. The van der Waals surface area contributed by atoms with E-state index in [1.807, 2.05) is 0 Å². The average Bonchev–Trinajstić information content (AvgIpc) is 2.16. The van der Waals surface area contributed by atoms with Crippen molar-refractivity contribution in [1.82, 2.24) is 5.32 Å². The van der Waals surface area contributed by atoms with E-state index in [2.05, 4.69) is 5.32 Å². The zero-order valence-electron chi connectivity index (χ0n) is 7.86. The third kappa shape index (κ3) is 1.86. The second kappa shape index (κ2) is 3.32. The number of nitrogens with two attached hydrogens (primary N) is 1. The first-order valence-corrected chi connectivity index (χ1v) is 5.97. The summed E-state index contributed by atoms with van der Waals surface area (Å²) in [5.41, 5.74) is 1.25. The van der Waals surface area contributed by atoms with Gasteiger partial charge in [-0.25, -0.2) is 13.6 Å². The van der Waals surface area contributed by atoms with E-state index in [1.54, 1.807) is 6.07 Å². The predicted molar refractivity (Wildman–Crippen MR) is 53.9 cm³/mol. The highest BCUT2D eigenvalue weighted by Gasteiger charge is 2.19. The van der Waals surface area contributed by atoms with Crippen LogP contribution < -0.4 is 10.5 Å². The van der Waals surface area contributed by atoms with Crippen LogP contribution in [0.4, 0.5) is 0 Å². The minimum Gasteiger partial charge on any atom is -0.352 e. The molecule has 0 unspecified atom stereocenters. The van der Waals surface area contributed by atoms with Crippen LogP contribution in [0.1, 0.15) is 15.9 Å². The zero-order valence-corrected chi connectivity index (χ0v) is 8.67. The summed E-state index contributed by atoms with van der Waals surface area (Å²) in [6.07, 6.45) is 0.714. The van der Waals surface area contributed by atoms with Crippen LogP contribution in [0.15, 0.2) is 23.1 Å². The molecule has 2 rings (SSSR count). The van der Waals surface area contributed by atoms with E-state index in [4.69, 9.17) is 5.14 Å². The number of hydrogen-bond acceptors (Lipinski definition) is 3. The van der Waals surface area contributed by atoms with Gasteiger partial charge in [-0.3, -0.25) is 4.79 Å². The van der Waals surface area contributed by atoms with E-state index >= 15 is 0 Å². The van der Waals surface area contributed by atoms with E-state index in [0.29, 0.717) is 18.5 Å². The molecule has 0 fully saturated rings. The summed E-state index contributed by atoms with van der Waals surface area (Å²) < 4.78 is 22.1. The fourth-order valence-electron chi connectivity index (χ4n) is 1.57. The molecule has 0 atom stereocenters. The van der Waals surface area contributed by atoms with Gasteiger partial charge in [0.1, 0.15) is 0 Å². The maximum atomic E-state index is 11.4. The number of primary sulfonamides is 1. The van der Waals surface area contributed by atoms with Gasteiger partial charge in [0.05, 0.1) is 4.90 Å². The Morgan fingerprint density at radius 3 is 2.73 bits per heavy atom. The lowest BCUT2D eigenvalue weighted by Gasteiger charge is -2.16. The van der Waals surface area contributed by atoms with E-state index in [1.165, 1.54) is 12.1 Å². The van der Waals surface area contributed by atoms with Crippen molar-refractivity contribution in [2.45, 2.75) is 11.3 Å². The van der Waals surface area contributed by atoms with E-state index in [9.17, 15) is 13.2 Å². The minimum atomic E-state index is -3.74. The number of nitrogens with one attached hydrogen (secondary N) is 1. The molecule has 80 valence electrons. The van der Waals surface area contributed by atoms with Crippen LogP contribution in [-0.2, 0) is 16.4 Å². The van der Waals surface area contributed by atoms with Crippen LogP contribution in [0, 0.1) is 0 Å². The molecule has 15 heavy (non-hydrogen) atoms. The van der Waals surface area contributed by atoms with Gasteiger partial charge in [0.2, 0.25) is 10.0 Å². The Hall–Kier alpha value is -1.40. The normalized spacial score (nSPS) is 15.7. The molecule has 1 aromatic carbocycles. The molecule has 0 aliphatic carbocycles. The molecule has 0 bridgehead atoms. The molecule has 1 aromatic rings. The molecule has 0 saturated carbocycles. The minimum absolute atomic E-state index is 0.0294. The predicted octanol–water partition coefficient (Wildman–Crippen LogP) is -0.380. The number of benzene rings is 1. The Morgan fingerprint density at radius 2 is 2.07 bits per heavy atom. The number of rotatable bonds is 1. The monoisotopic (exact) mass is 226 g/mol. The molecular formula is C9H10N2O3S. The van der Waals surface area contributed by atoms with Crippen molar-refractivity contribution in [3.05, 3.63) is 29.3 Å². The Morgan fingerprint density at radius 1 is 1.33 bits per heavy atom. The van der Waals surface area contributed by atoms with Crippen molar-refractivity contribution < 1.29 is 13.2 Å². The van der Waals surface area contributed by atoms with Gasteiger partial charge in [-0.05, 0) is 24.1 Å². The third-order valence-electron chi connectivity index (χ3n) is 2.33. The number of carbonyl (C=O) groups excluding carboxylic acids is 1. The fourth-order valence-corrected chi connectivity index (χ4v) is 2.11. The van der Waals surface area contributed by atoms with E-state index in [0.717, 1.165) is 5.56 Å². The number of sulfonamides is 1. The first kappa shape index (κ1) is 10.1. The lowest BCUT2D eigenvalue weighted by molar-refractivity contribution is 0.0946. The quantitative estimate of drug-likeness (QED) is 0.684. The standard InChI is InChI=1S/C9H10N2O3S/c10-15(13,14)7-2-1-6-3-4-11-9(12)8(6)5-7/h1-2,5H,3-4H2,(H,11,12)(H2,10,13,14). The van der Waals surface area contributed by atoms with Crippen molar-refractivity contribution in [1.29, 1.82) is 0 Å². The van der Waals surface area contributed by atoms with Crippen molar-refractivity contribution in [2.24, 2.45) is 5.14 Å². The highest BCUT2D eigenvalue weighted by atomic mass is 32.2. The molecule has 0 radical (unpaired) electrons. The molecular weight excluding hydrogens is 216 g/mol. The van der Waals surface area contributed by atoms with Crippen molar-refractivity contribution in [3.8, 4) is 0 Å². The van der Waals surface area contributed by atoms with Crippen LogP contribution in [0.2, 0.25) is 0 Å². The maximum Gasteiger partial charge on any atom is 0.251 e. The summed E-state index contributed by atoms with van der Waals surface area (Å²) in [6, 6.07) is 4.37. The second-order valence-electron chi connectivity index (χ2n) is 3.37. The maximum absolute atomic E-state index is 11.4. The number of carbonyl (C=O) groups is 1.